The van der Waals surface area contributed by atoms with Gasteiger partial charge < -0.3 is 4.40 Å². The largest absolute Gasteiger partial charge is 0.323 e. The third kappa shape index (κ3) is 3.19. The highest BCUT2D eigenvalue weighted by atomic mass is 14.9. The molecule has 2 heterocycles. The molecule has 25 heavy (non-hydrogen) atoms. The van der Waals surface area contributed by atoms with Gasteiger partial charge in [-0.25, -0.2) is 0 Å². The van der Waals surface area contributed by atoms with Crippen LogP contribution in [0.3, 0.4) is 0 Å². The molecule has 0 saturated carbocycles. The topological polar surface area (TPSA) is 4.41 Å². The summed E-state index contributed by atoms with van der Waals surface area (Å²) in [6.45, 7) is 2.27. The first-order valence-electron chi connectivity index (χ1n) is 9.37. The van der Waals surface area contributed by atoms with Crippen molar-refractivity contribution in [1.29, 1.82) is 0 Å². The highest BCUT2D eigenvalue weighted by molar-refractivity contribution is 5.61. The Morgan fingerprint density at radius 2 is 1.56 bits per heavy atom. The molecular formula is C24H25N. The van der Waals surface area contributed by atoms with Crippen LogP contribution in [0.5, 0.6) is 0 Å². The molecule has 0 unspecified atom stereocenters. The van der Waals surface area contributed by atoms with E-state index in [1.165, 1.54) is 35.0 Å². The third-order valence-electron chi connectivity index (χ3n) is 5.20. The fourth-order valence-corrected chi connectivity index (χ4v) is 3.83. The Kier molecular flexibility index (Phi) is 4.56. The quantitative estimate of drug-likeness (QED) is 0.486. The Hall–Kier alpha value is -2.54. The number of pyridine rings is 1. The zero-order valence-electron chi connectivity index (χ0n) is 14.8. The number of allylic oxidation sites excluding steroid dienone is 4. The molecule has 126 valence electrons. The average Bonchev–Trinajstić information content (AvgIpc) is 3.06. The van der Waals surface area contributed by atoms with Gasteiger partial charge in [-0.05, 0) is 41.7 Å². The lowest BCUT2D eigenvalue weighted by Crippen LogP contribution is -2.02. The van der Waals surface area contributed by atoms with Crippen molar-refractivity contribution in [1.82, 2.24) is 4.40 Å². The normalized spacial score (nSPS) is 19.6. The summed E-state index contributed by atoms with van der Waals surface area (Å²) in [5.74, 6) is 0.778. The molecule has 4 rings (SSSR count). The molecule has 1 aliphatic rings. The van der Waals surface area contributed by atoms with Crippen LogP contribution in [0.25, 0.3) is 5.52 Å². The Bertz CT molecular complexity index is 884. The number of nitrogens with zero attached hydrogens (tertiary/aromatic N) is 1. The van der Waals surface area contributed by atoms with Gasteiger partial charge in [-0.3, -0.25) is 0 Å². The van der Waals surface area contributed by atoms with E-state index < -0.39 is 0 Å². The number of fused-ring (bicyclic) bond motifs is 1. The number of benzene rings is 1. The minimum absolute atomic E-state index is 0.381. The van der Waals surface area contributed by atoms with Crippen molar-refractivity contribution in [3.05, 3.63) is 102 Å². The van der Waals surface area contributed by atoms with Crippen LogP contribution in [0.2, 0.25) is 0 Å². The molecule has 1 heteroatoms. The molecule has 0 saturated heterocycles. The Labute approximate surface area is 150 Å². The Balaban J connectivity index is 1.65. The highest BCUT2D eigenvalue weighted by Gasteiger charge is 2.18. The van der Waals surface area contributed by atoms with Gasteiger partial charge in [0.1, 0.15) is 0 Å². The van der Waals surface area contributed by atoms with Crippen LogP contribution in [0.1, 0.15) is 48.3 Å². The maximum absolute atomic E-state index is 2.38. The second kappa shape index (κ2) is 7.14. The van der Waals surface area contributed by atoms with Crippen LogP contribution in [0.4, 0.5) is 0 Å². The van der Waals surface area contributed by atoms with Crippen molar-refractivity contribution in [2.75, 3.05) is 0 Å². The number of hydrogen-bond donors (Lipinski definition) is 0. The van der Waals surface area contributed by atoms with Crippen LogP contribution in [0.15, 0.2) is 85.2 Å². The molecule has 2 aromatic heterocycles. The molecule has 0 atom stereocenters. The van der Waals surface area contributed by atoms with Gasteiger partial charge in [0.05, 0.1) is 0 Å². The first-order valence-corrected chi connectivity index (χ1v) is 9.37. The molecule has 0 bridgehead atoms. The SMILES string of the molecule is CCCCc1c(C2C=CC(c3ccccc3)C=C2)cn2ccccc12. The highest BCUT2D eigenvalue weighted by Crippen LogP contribution is 2.34. The summed E-state index contributed by atoms with van der Waals surface area (Å²) < 4.78 is 2.28. The summed E-state index contributed by atoms with van der Waals surface area (Å²) in [4.78, 5) is 0. The summed E-state index contributed by atoms with van der Waals surface area (Å²) in [5, 5.41) is 0. The maximum Gasteiger partial charge on any atom is 0.0485 e. The molecule has 0 spiro atoms. The molecule has 1 nitrogen and oxygen atoms in total. The number of rotatable bonds is 5. The first kappa shape index (κ1) is 16.0. The number of hydrogen-bond acceptors (Lipinski definition) is 0. The van der Waals surface area contributed by atoms with Gasteiger partial charge in [-0.1, -0.05) is 74.0 Å². The molecule has 0 radical (unpaired) electrons. The van der Waals surface area contributed by atoms with Crippen LogP contribution in [-0.4, -0.2) is 4.40 Å². The third-order valence-corrected chi connectivity index (χ3v) is 5.20. The minimum atomic E-state index is 0.381. The molecule has 0 N–H and O–H groups in total. The molecule has 0 fully saturated rings. The van der Waals surface area contributed by atoms with Gasteiger partial charge in [0, 0.05) is 29.7 Å². The number of aryl methyl sites for hydroxylation is 1. The van der Waals surface area contributed by atoms with Gasteiger partial charge in [-0.2, -0.15) is 0 Å². The maximum atomic E-state index is 2.38. The fraction of sp³-hybridized carbons (Fsp3) is 0.250. The van der Waals surface area contributed by atoms with E-state index in [0.29, 0.717) is 11.8 Å². The van der Waals surface area contributed by atoms with Crippen molar-refractivity contribution in [2.24, 2.45) is 0 Å². The molecule has 1 aromatic carbocycles. The second-order valence-electron chi connectivity index (χ2n) is 6.89. The number of unbranched alkanes of at least 4 members (excludes halogenated alkanes) is 1. The second-order valence-corrected chi connectivity index (χ2v) is 6.89. The van der Waals surface area contributed by atoms with E-state index in [2.05, 4.69) is 96.6 Å². The van der Waals surface area contributed by atoms with Gasteiger partial charge in [0.25, 0.3) is 0 Å². The fourth-order valence-electron chi connectivity index (χ4n) is 3.83. The van der Waals surface area contributed by atoms with Crippen molar-refractivity contribution in [3.63, 3.8) is 0 Å². The molecule has 3 aromatic rings. The summed E-state index contributed by atoms with van der Waals surface area (Å²) in [5.41, 5.74) is 5.69. The zero-order chi connectivity index (χ0) is 17.1. The zero-order valence-corrected chi connectivity index (χ0v) is 14.8. The predicted octanol–water partition coefficient (Wildman–Crippen LogP) is 6.28. The number of aromatic nitrogens is 1. The van der Waals surface area contributed by atoms with Crippen molar-refractivity contribution < 1.29 is 0 Å². The van der Waals surface area contributed by atoms with Crippen LogP contribution >= 0.6 is 0 Å². The first-order chi connectivity index (χ1) is 12.4. The van der Waals surface area contributed by atoms with E-state index in [4.69, 9.17) is 0 Å². The van der Waals surface area contributed by atoms with Crippen LogP contribution < -0.4 is 0 Å². The van der Waals surface area contributed by atoms with E-state index in [0.717, 1.165) is 6.42 Å². The lowest BCUT2D eigenvalue weighted by atomic mass is 9.86. The summed E-state index contributed by atoms with van der Waals surface area (Å²) in [6.07, 6.45) is 17.6. The standard InChI is InChI=1S/C24H25N/c1-2-3-11-22-23(18-25-17-8-7-12-24(22)25)21-15-13-20(14-16-21)19-9-5-4-6-10-19/h4-10,12-18,20-21H,2-3,11H2,1H3. The Morgan fingerprint density at radius 3 is 2.32 bits per heavy atom. The predicted molar refractivity (Wildman–Crippen MR) is 106 cm³/mol. The molecular weight excluding hydrogens is 302 g/mol. The molecule has 1 aliphatic carbocycles. The van der Waals surface area contributed by atoms with Crippen LogP contribution in [-0.2, 0) is 6.42 Å². The smallest absolute Gasteiger partial charge is 0.0485 e. The van der Waals surface area contributed by atoms with E-state index in [9.17, 15) is 0 Å². The van der Waals surface area contributed by atoms with Gasteiger partial charge in [-0.15, -0.1) is 0 Å². The van der Waals surface area contributed by atoms with Gasteiger partial charge in [0.15, 0.2) is 0 Å². The lowest BCUT2D eigenvalue weighted by molar-refractivity contribution is 0.790. The summed E-state index contributed by atoms with van der Waals surface area (Å²) in [7, 11) is 0. The molecule has 0 amide bonds. The van der Waals surface area contributed by atoms with E-state index in [1.807, 2.05) is 0 Å². The van der Waals surface area contributed by atoms with Crippen LogP contribution in [0, 0.1) is 0 Å². The monoisotopic (exact) mass is 327 g/mol. The van der Waals surface area contributed by atoms with E-state index >= 15 is 0 Å². The van der Waals surface area contributed by atoms with E-state index in [-0.39, 0.29) is 0 Å². The van der Waals surface area contributed by atoms with Gasteiger partial charge in [0.2, 0.25) is 0 Å². The lowest BCUT2D eigenvalue weighted by Gasteiger charge is -2.18. The summed E-state index contributed by atoms with van der Waals surface area (Å²) >= 11 is 0. The van der Waals surface area contributed by atoms with Crippen molar-refractivity contribution in [2.45, 2.75) is 38.0 Å². The average molecular weight is 327 g/mol. The van der Waals surface area contributed by atoms with E-state index in [1.54, 1.807) is 0 Å². The van der Waals surface area contributed by atoms with Crippen molar-refractivity contribution in [3.8, 4) is 0 Å². The molecule has 0 aliphatic heterocycles. The van der Waals surface area contributed by atoms with Crippen molar-refractivity contribution >= 4 is 5.52 Å². The summed E-state index contributed by atoms with van der Waals surface area (Å²) in [6, 6.07) is 17.2. The van der Waals surface area contributed by atoms with Gasteiger partial charge >= 0.3 is 0 Å². The Morgan fingerprint density at radius 1 is 0.840 bits per heavy atom. The minimum Gasteiger partial charge on any atom is -0.323 e.